The van der Waals surface area contributed by atoms with Crippen LogP contribution in [0.3, 0.4) is 0 Å². The van der Waals surface area contributed by atoms with Crippen molar-refractivity contribution in [2.24, 2.45) is 11.8 Å². The van der Waals surface area contributed by atoms with Gasteiger partial charge in [-0.2, -0.15) is 10.2 Å². The summed E-state index contributed by atoms with van der Waals surface area (Å²) in [5.41, 5.74) is 1.18. The Bertz CT molecular complexity index is 2360. The maximum atomic E-state index is 14.3. The number of carbonyl (C=O) groups excluding carboxylic acids is 5. The standard InChI is InChI=1S/C43H51F2N11O5/c1-52(27-14-10-26(11-15-27)47-31-5-3-4-29-36(31)43(61)56(42(29)60)33-16-17-35(57)50-41(33)59)21-25-8-12-28(13-9-25)55-23-32(37(51-55)38(44)45)48-40(58)30-20-46-54-19-18-34(49-39(30)54)53(2)22-24-6-7-24/h3-5,18-20,23-28,33,38,47H,6-17,21-22H2,1-2H3,(H,48,58)(H,50,57,59)/t25-,26-,27-,28-,33?. The van der Waals surface area contributed by atoms with Crippen LogP contribution in [0.2, 0.25) is 0 Å². The third kappa shape index (κ3) is 8.21. The van der Waals surface area contributed by atoms with Gasteiger partial charge in [-0.1, -0.05) is 6.07 Å². The monoisotopic (exact) mass is 839 g/mol. The van der Waals surface area contributed by atoms with Crippen molar-refractivity contribution in [2.75, 3.05) is 42.7 Å². The molecular weight excluding hydrogens is 789 g/mol. The van der Waals surface area contributed by atoms with E-state index in [4.69, 9.17) is 0 Å². The Labute approximate surface area is 351 Å². The number of hydrogen-bond donors (Lipinski definition) is 3. The van der Waals surface area contributed by atoms with Crippen LogP contribution in [0.1, 0.15) is 126 Å². The second-order valence-electron chi connectivity index (χ2n) is 17.5. The van der Waals surface area contributed by atoms with Gasteiger partial charge in [0, 0.05) is 56.7 Å². The fourth-order valence-corrected chi connectivity index (χ4v) is 9.72. The van der Waals surface area contributed by atoms with Crippen LogP contribution in [-0.4, -0.2) is 109 Å². The predicted molar refractivity (Wildman–Crippen MR) is 221 cm³/mol. The number of rotatable bonds is 13. The molecule has 4 aromatic rings. The number of nitrogens with zero attached hydrogens (tertiary/aromatic N) is 8. The Balaban J connectivity index is 0.765. The van der Waals surface area contributed by atoms with Crippen molar-refractivity contribution in [3.8, 4) is 0 Å². The van der Waals surface area contributed by atoms with E-state index < -0.39 is 47.7 Å². The van der Waals surface area contributed by atoms with Crippen LogP contribution in [0.5, 0.6) is 0 Å². The van der Waals surface area contributed by atoms with E-state index in [0.717, 1.165) is 69.4 Å². The molecule has 3 aliphatic carbocycles. The first-order valence-electron chi connectivity index (χ1n) is 21.5. The number of nitrogens with one attached hydrogen (secondary N) is 3. The fourth-order valence-electron chi connectivity index (χ4n) is 9.72. The molecule has 5 amide bonds. The lowest BCUT2D eigenvalue weighted by molar-refractivity contribution is -0.136. The number of amides is 5. The van der Waals surface area contributed by atoms with Gasteiger partial charge >= 0.3 is 0 Å². The molecule has 9 rings (SSSR count). The van der Waals surface area contributed by atoms with Crippen LogP contribution in [0, 0.1) is 11.8 Å². The molecule has 18 heteroatoms. The minimum atomic E-state index is -2.87. The zero-order valence-electron chi connectivity index (χ0n) is 34.4. The summed E-state index contributed by atoms with van der Waals surface area (Å²) < 4.78 is 31.7. The number of fused-ring (bicyclic) bond motifs is 2. The number of carbonyl (C=O) groups is 5. The molecule has 3 saturated carbocycles. The normalized spacial score (nSPS) is 24.4. The van der Waals surface area contributed by atoms with E-state index in [-0.39, 0.29) is 47.3 Å². The second-order valence-corrected chi connectivity index (χ2v) is 17.5. The van der Waals surface area contributed by atoms with Gasteiger partial charge in [0.15, 0.2) is 11.3 Å². The topological polar surface area (TPSA) is 179 Å². The van der Waals surface area contributed by atoms with Crippen LogP contribution in [0.4, 0.5) is 26.0 Å². The molecule has 5 aliphatic rings. The molecule has 16 nitrogen and oxygen atoms in total. The van der Waals surface area contributed by atoms with Crippen molar-refractivity contribution < 1.29 is 32.8 Å². The van der Waals surface area contributed by atoms with E-state index >= 15 is 0 Å². The summed E-state index contributed by atoms with van der Waals surface area (Å²) in [6.07, 6.45) is 11.4. The van der Waals surface area contributed by atoms with Crippen molar-refractivity contribution in [1.29, 1.82) is 0 Å². The lowest BCUT2D eigenvalue weighted by Crippen LogP contribution is -2.54. The zero-order chi connectivity index (χ0) is 42.5. The summed E-state index contributed by atoms with van der Waals surface area (Å²) in [6.45, 7) is 1.80. The molecule has 1 unspecified atom stereocenters. The summed E-state index contributed by atoms with van der Waals surface area (Å²) in [4.78, 5) is 74.7. The molecule has 61 heavy (non-hydrogen) atoms. The third-order valence-electron chi connectivity index (χ3n) is 13.3. The molecular formula is C43H51F2N11O5. The van der Waals surface area contributed by atoms with Gasteiger partial charge in [-0.25, -0.2) is 18.3 Å². The van der Waals surface area contributed by atoms with Crippen molar-refractivity contribution in [1.82, 2.24) is 39.5 Å². The number of benzene rings is 1. The molecule has 5 heterocycles. The quantitative estimate of drug-likeness (QED) is 0.146. The van der Waals surface area contributed by atoms with Crippen LogP contribution < -0.4 is 20.9 Å². The Morgan fingerprint density at radius 2 is 1.64 bits per heavy atom. The van der Waals surface area contributed by atoms with Crippen LogP contribution in [0.25, 0.3) is 5.65 Å². The number of imide groups is 2. The highest BCUT2D eigenvalue weighted by Gasteiger charge is 2.46. The SMILES string of the molecule is CN(CC1CC1)c1ccn2ncc(C(=O)Nc3cn([C@H]4CC[C@H](CN(C)[C@H]5CC[C@H](Nc6cccc7c6C(=O)N(C6CCC(=O)NC6=O)C7=O)CC5)CC4)nc3C(F)F)c2n1. The lowest BCUT2D eigenvalue weighted by atomic mass is 9.84. The first-order valence-corrected chi connectivity index (χ1v) is 21.5. The third-order valence-corrected chi connectivity index (χ3v) is 13.3. The molecule has 3 N–H and O–H groups in total. The van der Waals surface area contributed by atoms with E-state index in [9.17, 15) is 32.8 Å². The molecule has 1 aromatic carbocycles. The van der Waals surface area contributed by atoms with Crippen LogP contribution >= 0.6 is 0 Å². The van der Waals surface area contributed by atoms with Crippen LogP contribution in [0.15, 0.2) is 42.9 Å². The van der Waals surface area contributed by atoms with Gasteiger partial charge in [-0.05, 0) is 108 Å². The molecule has 1 atom stereocenters. The molecule has 322 valence electrons. The maximum absolute atomic E-state index is 14.3. The molecule has 0 bridgehead atoms. The predicted octanol–water partition coefficient (Wildman–Crippen LogP) is 5.45. The van der Waals surface area contributed by atoms with Crippen molar-refractivity contribution >= 4 is 52.4 Å². The molecule has 0 radical (unpaired) electrons. The maximum Gasteiger partial charge on any atom is 0.284 e. The highest BCUT2D eigenvalue weighted by atomic mass is 19.3. The summed E-state index contributed by atoms with van der Waals surface area (Å²) in [5.74, 6) is -0.846. The lowest BCUT2D eigenvalue weighted by Gasteiger charge is -2.38. The largest absolute Gasteiger partial charge is 0.382 e. The number of piperidine rings is 1. The van der Waals surface area contributed by atoms with Crippen LogP contribution in [-0.2, 0) is 9.59 Å². The van der Waals surface area contributed by atoms with Gasteiger partial charge in [0.1, 0.15) is 17.4 Å². The zero-order valence-corrected chi connectivity index (χ0v) is 34.4. The number of anilines is 3. The van der Waals surface area contributed by atoms with Crippen molar-refractivity contribution in [3.05, 3.63) is 65.2 Å². The van der Waals surface area contributed by atoms with Gasteiger partial charge in [0.2, 0.25) is 11.8 Å². The average molecular weight is 840 g/mol. The number of halogens is 2. The Morgan fingerprint density at radius 3 is 2.36 bits per heavy atom. The first-order chi connectivity index (χ1) is 29.4. The molecule has 1 saturated heterocycles. The molecule has 2 aliphatic heterocycles. The second kappa shape index (κ2) is 16.6. The average Bonchev–Trinajstić information content (AvgIpc) is 3.69. The van der Waals surface area contributed by atoms with Crippen molar-refractivity contribution in [3.63, 3.8) is 0 Å². The number of alkyl halides is 2. The summed E-state index contributed by atoms with van der Waals surface area (Å²) in [7, 11) is 4.12. The van der Waals surface area contributed by atoms with E-state index in [0.29, 0.717) is 35.0 Å². The van der Waals surface area contributed by atoms with Gasteiger partial charge in [0.25, 0.3) is 24.1 Å². The Morgan fingerprint density at radius 1 is 0.902 bits per heavy atom. The van der Waals surface area contributed by atoms with Crippen molar-refractivity contribution in [2.45, 2.75) is 108 Å². The Kier molecular flexibility index (Phi) is 11.0. The van der Waals surface area contributed by atoms with E-state index in [2.05, 4.69) is 48.0 Å². The molecule has 4 fully saturated rings. The van der Waals surface area contributed by atoms with E-state index in [1.54, 1.807) is 29.1 Å². The minimum Gasteiger partial charge on any atom is -0.382 e. The summed E-state index contributed by atoms with van der Waals surface area (Å²) in [6, 6.07) is 6.40. The number of aromatic nitrogens is 5. The first kappa shape index (κ1) is 40.6. The highest BCUT2D eigenvalue weighted by Crippen LogP contribution is 2.38. The van der Waals surface area contributed by atoms with E-state index in [1.165, 1.54) is 29.8 Å². The van der Waals surface area contributed by atoms with Gasteiger partial charge < -0.3 is 20.4 Å². The van der Waals surface area contributed by atoms with Gasteiger partial charge in [-0.3, -0.25) is 38.9 Å². The van der Waals surface area contributed by atoms with Gasteiger partial charge in [-0.15, -0.1) is 0 Å². The summed E-state index contributed by atoms with van der Waals surface area (Å²) in [5, 5.41) is 17.0. The molecule has 0 spiro atoms. The van der Waals surface area contributed by atoms with E-state index in [1.807, 2.05) is 13.1 Å². The Hall–Kier alpha value is -5.78. The minimum absolute atomic E-state index is 0.0146. The smallest absolute Gasteiger partial charge is 0.284 e. The highest BCUT2D eigenvalue weighted by molar-refractivity contribution is 6.25. The number of hydrogen-bond acceptors (Lipinski definition) is 11. The fraction of sp³-hybridized carbons (Fsp3) is 0.535. The molecule has 3 aromatic heterocycles. The van der Waals surface area contributed by atoms with Gasteiger partial charge in [0.05, 0.1) is 29.1 Å². The summed E-state index contributed by atoms with van der Waals surface area (Å²) >= 11 is 0.